The third-order valence-electron chi connectivity index (χ3n) is 4.46. The number of aliphatic carboxylic acids is 1. The summed E-state index contributed by atoms with van der Waals surface area (Å²) in [4.78, 5) is 38.9. The van der Waals surface area contributed by atoms with Crippen LogP contribution in [0, 0.1) is 6.92 Å². The number of rotatable bonds is 4. The first-order valence-corrected chi connectivity index (χ1v) is 8.88. The zero-order valence-corrected chi connectivity index (χ0v) is 15.1. The van der Waals surface area contributed by atoms with Crippen molar-refractivity contribution in [2.75, 3.05) is 6.54 Å². The van der Waals surface area contributed by atoms with E-state index < -0.39 is 18.1 Å². The van der Waals surface area contributed by atoms with Gasteiger partial charge in [0.05, 0.1) is 10.6 Å². The van der Waals surface area contributed by atoms with E-state index in [1.165, 1.54) is 16.2 Å². The molecule has 3 heterocycles. The molecule has 1 fully saturated rings. The van der Waals surface area contributed by atoms with E-state index in [4.69, 9.17) is 0 Å². The summed E-state index contributed by atoms with van der Waals surface area (Å²) < 4.78 is 1.72. The number of carboxylic acid groups (broad SMARTS) is 1. The number of carbonyl (C=O) groups is 3. The molecule has 2 atom stereocenters. The lowest BCUT2D eigenvalue weighted by Gasteiger charge is -2.25. The van der Waals surface area contributed by atoms with Gasteiger partial charge in [-0.1, -0.05) is 0 Å². The van der Waals surface area contributed by atoms with Gasteiger partial charge in [-0.15, -0.1) is 11.3 Å². The summed E-state index contributed by atoms with van der Waals surface area (Å²) in [7, 11) is 1.82. The van der Waals surface area contributed by atoms with Crippen LogP contribution >= 0.6 is 11.3 Å². The largest absolute Gasteiger partial charge is 0.480 e. The molecule has 9 heteroatoms. The lowest BCUT2D eigenvalue weighted by atomic mass is 10.2. The molecule has 1 aliphatic rings. The molecule has 8 nitrogen and oxygen atoms in total. The Morgan fingerprint density at radius 2 is 2.16 bits per heavy atom. The van der Waals surface area contributed by atoms with E-state index in [0.717, 1.165) is 15.9 Å². The van der Waals surface area contributed by atoms with Crippen LogP contribution in [0.2, 0.25) is 0 Å². The highest BCUT2D eigenvalue weighted by molar-refractivity contribution is 7.20. The van der Waals surface area contributed by atoms with Gasteiger partial charge in [-0.3, -0.25) is 14.3 Å². The summed E-state index contributed by atoms with van der Waals surface area (Å²) in [5.74, 6) is -1.71. The monoisotopic (exact) mass is 364 g/mol. The van der Waals surface area contributed by atoms with E-state index in [1.54, 1.807) is 17.7 Å². The molecule has 0 aliphatic carbocycles. The van der Waals surface area contributed by atoms with Crippen LogP contribution in [-0.4, -0.2) is 56.2 Å². The highest BCUT2D eigenvalue weighted by atomic mass is 32.1. The van der Waals surface area contributed by atoms with Gasteiger partial charge in [0.2, 0.25) is 5.91 Å². The van der Waals surface area contributed by atoms with Gasteiger partial charge in [-0.25, -0.2) is 4.79 Å². The van der Waals surface area contributed by atoms with Crippen LogP contribution in [0.3, 0.4) is 0 Å². The van der Waals surface area contributed by atoms with E-state index in [0.29, 0.717) is 24.3 Å². The van der Waals surface area contributed by atoms with Crippen molar-refractivity contribution in [2.45, 2.75) is 38.8 Å². The van der Waals surface area contributed by atoms with Gasteiger partial charge in [-0.05, 0) is 32.8 Å². The van der Waals surface area contributed by atoms with Crippen molar-refractivity contribution in [2.24, 2.45) is 7.05 Å². The molecule has 2 N–H and O–H groups in total. The molecule has 2 aromatic rings. The summed E-state index contributed by atoms with van der Waals surface area (Å²) in [5, 5.41) is 17.1. The average molecular weight is 364 g/mol. The molecule has 2 amide bonds. The maximum Gasteiger partial charge on any atom is 0.326 e. The second-order valence-corrected chi connectivity index (χ2v) is 7.29. The fraction of sp³-hybridized carbons (Fsp3) is 0.500. The van der Waals surface area contributed by atoms with Crippen molar-refractivity contribution in [3.05, 3.63) is 16.6 Å². The highest BCUT2D eigenvalue weighted by Gasteiger charge is 2.36. The first-order valence-electron chi connectivity index (χ1n) is 8.07. The molecular weight excluding hydrogens is 344 g/mol. The third-order valence-corrected chi connectivity index (χ3v) is 5.66. The Bertz CT molecular complexity index is 821. The fourth-order valence-corrected chi connectivity index (χ4v) is 4.21. The van der Waals surface area contributed by atoms with Crippen LogP contribution in [0.4, 0.5) is 0 Å². The number of nitrogens with zero attached hydrogens (tertiary/aromatic N) is 3. The minimum atomic E-state index is -1.00. The first-order chi connectivity index (χ1) is 11.8. The first kappa shape index (κ1) is 17.4. The van der Waals surface area contributed by atoms with E-state index in [9.17, 15) is 19.5 Å². The maximum atomic E-state index is 12.5. The second kappa shape index (κ2) is 6.47. The number of fused-ring (bicyclic) bond motifs is 1. The zero-order valence-electron chi connectivity index (χ0n) is 14.3. The topological polar surface area (TPSA) is 105 Å². The van der Waals surface area contributed by atoms with Crippen LogP contribution < -0.4 is 5.32 Å². The van der Waals surface area contributed by atoms with Gasteiger partial charge in [0.15, 0.2) is 0 Å². The van der Waals surface area contributed by atoms with Crippen LogP contribution in [0.25, 0.3) is 10.2 Å². The molecule has 0 saturated carbocycles. The van der Waals surface area contributed by atoms with Gasteiger partial charge in [0, 0.05) is 19.0 Å². The Kier molecular flexibility index (Phi) is 4.51. The van der Waals surface area contributed by atoms with E-state index in [2.05, 4.69) is 10.4 Å². The number of aryl methyl sites for hydroxylation is 2. The van der Waals surface area contributed by atoms with Crippen LogP contribution in [0.5, 0.6) is 0 Å². The van der Waals surface area contributed by atoms with Crippen LogP contribution in [0.15, 0.2) is 6.07 Å². The van der Waals surface area contributed by atoms with Crippen molar-refractivity contribution in [3.63, 3.8) is 0 Å². The third kappa shape index (κ3) is 3.11. The molecule has 134 valence electrons. The van der Waals surface area contributed by atoms with Crippen LogP contribution in [0.1, 0.15) is 35.1 Å². The van der Waals surface area contributed by atoms with E-state index in [1.807, 2.05) is 14.0 Å². The standard InChI is InChI=1S/C16H20N4O4S/c1-8-10-7-12(25-15(10)19(3)18-8)13(21)17-9(2)14(22)20-6-4-5-11(20)16(23)24/h7,9,11H,4-6H2,1-3H3,(H,17,21)(H,23,24)/t9?,11-/m0/s1. The maximum absolute atomic E-state index is 12.5. The number of nitrogens with one attached hydrogen (secondary N) is 1. The SMILES string of the molecule is Cc1nn(C)c2sc(C(=O)NC(C)C(=O)N3CCC[C@H]3C(=O)O)cc12. The molecule has 1 saturated heterocycles. The molecule has 1 unspecified atom stereocenters. The van der Waals surface area contributed by atoms with Crippen molar-refractivity contribution in [1.82, 2.24) is 20.0 Å². The highest BCUT2D eigenvalue weighted by Crippen LogP contribution is 2.27. The average Bonchev–Trinajstić information content (AvgIpc) is 3.24. The van der Waals surface area contributed by atoms with Crippen molar-refractivity contribution in [1.29, 1.82) is 0 Å². The number of carbonyl (C=O) groups excluding carboxylic acids is 2. The van der Waals surface area contributed by atoms with Gasteiger partial charge >= 0.3 is 5.97 Å². The Morgan fingerprint density at radius 3 is 2.80 bits per heavy atom. The summed E-state index contributed by atoms with van der Waals surface area (Å²) >= 11 is 1.31. The van der Waals surface area contributed by atoms with Crippen LogP contribution in [-0.2, 0) is 16.6 Å². The zero-order chi connectivity index (χ0) is 18.3. The van der Waals surface area contributed by atoms with Crippen molar-refractivity contribution >= 4 is 39.3 Å². The molecule has 0 spiro atoms. The number of aromatic nitrogens is 2. The van der Waals surface area contributed by atoms with Gasteiger partial charge < -0.3 is 15.3 Å². The van der Waals surface area contributed by atoms with Crippen molar-refractivity contribution < 1.29 is 19.5 Å². The molecule has 0 aromatic carbocycles. The number of carboxylic acids is 1. The summed E-state index contributed by atoms with van der Waals surface area (Å²) in [6, 6.07) is 0.187. The molecule has 3 rings (SSSR count). The molecule has 2 aromatic heterocycles. The minimum absolute atomic E-state index is 0.340. The minimum Gasteiger partial charge on any atom is -0.480 e. The van der Waals surface area contributed by atoms with Crippen molar-refractivity contribution in [3.8, 4) is 0 Å². The quantitative estimate of drug-likeness (QED) is 0.846. The van der Waals surface area contributed by atoms with Gasteiger partial charge in [0.1, 0.15) is 16.9 Å². The number of likely N-dealkylation sites (tertiary alicyclic amines) is 1. The Morgan fingerprint density at radius 1 is 1.44 bits per heavy atom. The smallest absolute Gasteiger partial charge is 0.326 e. The summed E-state index contributed by atoms with van der Waals surface area (Å²) in [6.45, 7) is 3.86. The summed E-state index contributed by atoms with van der Waals surface area (Å²) in [6.07, 6.45) is 1.11. The van der Waals surface area contributed by atoms with E-state index in [-0.39, 0.29) is 11.8 Å². The predicted octanol–water partition coefficient (Wildman–Crippen LogP) is 1.14. The number of thiophene rings is 1. The Hall–Kier alpha value is -2.42. The van der Waals surface area contributed by atoms with E-state index >= 15 is 0 Å². The second-order valence-electron chi connectivity index (χ2n) is 6.26. The fourth-order valence-electron chi connectivity index (χ4n) is 3.18. The lowest BCUT2D eigenvalue weighted by Crippen LogP contribution is -2.50. The number of hydrogen-bond acceptors (Lipinski definition) is 5. The molecule has 0 bridgehead atoms. The summed E-state index contributed by atoms with van der Waals surface area (Å²) in [5.41, 5.74) is 0.846. The molecular formula is C16H20N4O4S. The number of hydrogen-bond donors (Lipinski definition) is 2. The Labute approximate surface area is 148 Å². The normalized spacial score (nSPS) is 18.5. The lowest BCUT2D eigenvalue weighted by molar-refractivity contribution is -0.148. The Balaban J connectivity index is 1.72. The number of amides is 2. The molecule has 0 radical (unpaired) electrons. The molecule has 25 heavy (non-hydrogen) atoms. The molecule has 1 aliphatic heterocycles. The van der Waals surface area contributed by atoms with Gasteiger partial charge in [-0.2, -0.15) is 5.10 Å². The van der Waals surface area contributed by atoms with Gasteiger partial charge in [0.25, 0.3) is 5.91 Å². The predicted molar refractivity (Wildman–Crippen MR) is 92.6 cm³/mol.